The summed E-state index contributed by atoms with van der Waals surface area (Å²) in [4.78, 5) is 4.66. The van der Waals surface area contributed by atoms with Gasteiger partial charge < -0.3 is 9.80 Å². The van der Waals surface area contributed by atoms with Crippen LogP contribution in [0.15, 0.2) is 182 Å². The van der Waals surface area contributed by atoms with Crippen molar-refractivity contribution in [3.05, 3.63) is 249 Å². The molecule has 0 saturated heterocycles. The number of benzene rings is 8. The summed E-state index contributed by atoms with van der Waals surface area (Å²) in [7, 11) is 0. The topological polar surface area (TPSA) is 6.48 Å². The largest absolute Gasteiger partial charge is 0.311 e. The van der Waals surface area contributed by atoms with Crippen LogP contribution < -0.4 is 9.80 Å². The van der Waals surface area contributed by atoms with Crippen LogP contribution in [0.3, 0.4) is 0 Å². The molecule has 0 spiro atoms. The quantitative estimate of drug-likeness (QED) is 0.127. The second-order valence-electron chi connectivity index (χ2n) is 16.9. The molecule has 2 nitrogen and oxygen atoms in total. The molecule has 0 amide bonds. The third kappa shape index (κ3) is 9.41. The van der Waals surface area contributed by atoms with Crippen LogP contribution in [0.5, 0.6) is 0 Å². The van der Waals surface area contributed by atoms with Crippen molar-refractivity contribution in [3.8, 4) is 0 Å². The van der Waals surface area contributed by atoms with Crippen LogP contribution in [0.1, 0.15) is 66.8 Å². The molecule has 0 N–H and O–H groups in total. The van der Waals surface area contributed by atoms with Crippen molar-refractivity contribution in [1.29, 1.82) is 0 Å². The van der Waals surface area contributed by atoms with Gasteiger partial charge >= 0.3 is 0 Å². The summed E-state index contributed by atoms with van der Waals surface area (Å²) >= 11 is 0. The molecule has 4 aliphatic rings. The Kier molecular flexibility index (Phi) is 11.8. The maximum absolute atomic E-state index is 2.41. The zero-order valence-corrected chi connectivity index (χ0v) is 36.4. The van der Waals surface area contributed by atoms with E-state index in [0.717, 1.165) is 59.8 Å². The summed E-state index contributed by atoms with van der Waals surface area (Å²) in [5, 5.41) is 0. The van der Waals surface area contributed by atoms with Crippen LogP contribution in [-0.2, 0) is 25.7 Å². The van der Waals surface area contributed by atoms with Gasteiger partial charge in [0, 0.05) is 34.1 Å². The third-order valence-electron chi connectivity index (χ3n) is 12.2. The van der Waals surface area contributed by atoms with Gasteiger partial charge in [0.25, 0.3) is 0 Å². The fourth-order valence-corrected chi connectivity index (χ4v) is 8.43. The molecule has 8 aromatic rings. The van der Waals surface area contributed by atoms with E-state index in [4.69, 9.17) is 0 Å². The fourth-order valence-electron chi connectivity index (χ4n) is 8.43. The summed E-state index contributed by atoms with van der Waals surface area (Å²) in [6.45, 7) is 8.54. The molecule has 0 saturated carbocycles. The molecule has 2 heteroatoms. The van der Waals surface area contributed by atoms with Crippen molar-refractivity contribution in [2.24, 2.45) is 0 Å². The molecule has 8 aromatic carbocycles. The number of hydrogen-bond donors (Lipinski definition) is 0. The van der Waals surface area contributed by atoms with E-state index >= 15 is 0 Å². The molecule has 0 radical (unpaired) electrons. The van der Waals surface area contributed by atoms with Gasteiger partial charge in [-0.3, -0.25) is 0 Å². The lowest BCUT2D eigenvalue weighted by Crippen LogP contribution is -2.09. The van der Waals surface area contributed by atoms with Crippen LogP contribution >= 0.6 is 0 Å². The highest BCUT2D eigenvalue weighted by Crippen LogP contribution is 2.37. The first-order chi connectivity index (χ1) is 30.3. The Balaban J connectivity index is 0.910. The average molecular weight is 803 g/mol. The SMILES string of the molecule is Cc1ccc(N(c2ccc(C)cc2)c2ccc(/C=C/c3cc4ccc3CCc3ccc(c(/C=C/c5ccc(N(c6ccc(C)cc6)c6ccc(C)cc6)cc5)c3)CC4)cc2)cc1. The van der Waals surface area contributed by atoms with E-state index in [1.54, 1.807) is 0 Å². The van der Waals surface area contributed by atoms with Crippen molar-refractivity contribution in [2.75, 3.05) is 9.80 Å². The molecule has 0 unspecified atom stereocenters. The molecule has 12 rings (SSSR count). The van der Waals surface area contributed by atoms with E-state index in [9.17, 15) is 0 Å². The summed E-state index contributed by atoms with van der Waals surface area (Å²) in [6, 6.07) is 67.2. The van der Waals surface area contributed by atoms with Crippen LogP contribution in [0.25, 0.3) is 24.3 Å². The van der Waals surface area contributed by atoms with E-state index in [-0.39, 0.29) is 0 Å². The Morgan fingerprint density at radius 2 is 0.565 bits per heavy atom. The first kappa shape index (κ1) is 40.3. The maximum Gasteiger partial charge on any atom is 0.0462 e. The Hall–Kier alpha value is -7.16. The lowest BCUT2D eigenvalue weighted by atomic mass is 9.90. The Bertz CT molecular complexity index is 2540. The molecule has 0 heterocycles. The predicted octanol–water partition coefficient (Wildman–Crippen LogP) is 16.1. The second-order valence-corrected chi connectivity index (χ2v) is 16.9. The monoisotopic (exact) mass is 802 g/mol. The van der Waals surface area contributed by atoms with Gasteiger partial charge in [-0.25, -0.2) is 0 Å². The van der Waals surface area contributed by atoms with Crippen LogP contribution in [-0.4, -0.2) is 0 Å². The van der Waals surface area contributed by atoms with Crippen molar-refractivity contribution in [2.45, 2.75) is 53.4 Å². The van der Waals surface area contributed by atoms with Crippen molar-refractivity contribution >= 4 is 58.4 Å². The van der Waals surface area contributed by atoms with Crippen LogP contribution in [0, 0.1) is 27.7 Å². The van der Waals surface area contributed by atoms with Gasteiger partial charge in [-0.15, -0.1) is 0 Å². The summed E-state index contributed by atoms with van der Waals surface area (Å²) in [5.74, 6) is 0. The molecule has 0 aliphatic heterocycles. The maximum atomic E-state index is 2.41. The van der Waals surface area contributed by atoms with Crippen molar-refractivity contribution in [3.63, 3.8) is 0 Å². The standard InChI is InChI=1S/C60H54N2/c1-43-5-29-55(30-6-43)61(56-31-7-44(2)8-32-56)59-37-19-47(20-38-59)13-27-53-41-49-15-23-51(53)25-17-50-16-24-52(26-18-49)54(42-50)28-14-48-21-39-60(40-22-48)62(57-33-9-45(3)10-34-57)58-35-11-46(4)12-36-58/h5-16,19-24,27-42H,17-18,25-26H2,1-4H3/b27-13+,28-14+. The van der Waals surface area contributed by atoms with E-state index in [2.05, 4.69) is 244 Å². The number of hydrogen-bond acceptors (Lipinski definition) is 2. The number of rotatable bonds is 10. The zero-order chi connectivity index (χ0) is 42.4. The molecule has 62 heavy (non-hydrogen) atoms. The second kappa shape index (κ2) is 18.2. The highest BCUT2D eigenvalue weighted by molar-refractivity contribution is 5.80. The normalized spacial score (nSPS) is 12.5. The number of aryl methyl sites for hydroxylation is 8. The van der Waals surface area contributed by atoms with Gasteiger partial charge in [0.05, 0.1) is 0 Å². The molecule has 0 fully saturated rings. The summed E-state index contributed by atoms with van der Waals surface area (Å²) in [5.41, 5.74) is 22.5. The lowest BCUT2D eigenvalue weighted by Gasteiger charge is -2.26. The number of anilines is 6. The Labute approximate surface area is 368 Å². The molecule has 0 atom stereocenters. The predicted molar refractivity (Wildman–Crippen MR) is 267 cm³/mol. The Morgan fingerprint density at radius 3 is 0.855 bits per heavy atom. The summed E-state index contributed by atoms with van der Waals surface area (Å²) < 4.78 is 0. The van der Waals surface area contributed by atoms with Crippen LogP contribution in [0.4, 0.5) is 34.1 Å². The Morgan fingerprint density at radius 1 is 0.290 bits per heavy atom. The van der Waals surface area contributed by atoms with Gasteiger partial charge in [-0.2, -0.15) is 0 Å². The zero-order valence-electron chi connectivity index (χ0n) is 36.4. The third-order valence-corrected chi connectivity index (χ3v) is 12.2. The average Bonchev–Trinajstić information content (AvgIpc) is 3.29. The van der Waals surface area contributed by atoms with Gasteiger partial charge in [-0.1, -0.05) is 156 Å². The van der Waals surface area contributed by atoms with E-state index < -0.39 is 0 Å². The number of nitrogens with zero attached hydrogens (tertiary/aromatic N) is 2. The van der Waals surface area contributed by atoms with Gasteiger partial charge in [0.15, 0.2) is 0 Å². The smallest absolute Gasteiger partial charge is 0.0462 e. The first-order valence-corrected chi connectivity index (χ1v) is 22.0. The molecular weight excluding hydrogens is 749 g/mol. The molecule has 0 aromatic heterocycles. The van der Waals surface area contributed by atoms with Crippen molar-refractivity contribution < 1.29 is 0 Å². The van der Waals surface area contributed by atoms with Gasteiger partial charge in [-0.05, 0) is 171 Å². The van der Waals surface area contributed by atoms with E-state index in [1.165, 1.54) is 66.8 Å². The van der Waals surface area contributed by atoms with Gasteiger partial charge in [0.2, 0.25) is 0 Å². The van der Waals surface area contributed by atoms with Crippen molar-refractivity contribution in [1.82, 2.24) is 0 Å². The minimum atomic E-state index is 0.989. The minimum Gasteiger partial charge on any atom is -0.311 e. The first-order valence-electron chi connectivity index (χ1n) is 22.0. The minimum absolute atomic E-state index is 0.989. The molecule has 4 bridgehead atoms. The highest BCUT2D eigenvalue weighted by Gasteiger charge is 2.15. The highest BCUT2D eigenvalue weighted by atomic mass is 15.1. The fraction of sp³-hybridized carbons (Fsp3) is 0.133. The lowest BCUT2D eigenvalue weighted by molar-refractivity contribution is 0.917. The van der Waals surface area contributed by atoms with E-state index in [0.29, 0.717) is 0 Å². The van der Waals surface area contributed by atoms with Gasteiger partial charge in [0.1, 0.15) is 0 Å². The molecule has 304 valence electrons. The summed E-state index contributed by atoms with van der Waals surface area (Å²) in [6.07, 6.45) is 13.1. The molecular formula is C60H54N2. The molecule has 4 aliphatic carbocycles. The van der Waals surface area contributed by atoms with E-state index in [1.807, 2.05) is 0 Å². The van der Waals surface area contributed by atoms with Crippen LogP contribution in [0.2, 0.25) is 0 Å².